The van der Waals surface area contributed by atoms with Gasteiger partial charge in [0, 0.05) is 10.0 Å². The molecule has 9 heteroatoms. The van der Waals surface area contributed by atoms with E-state index in [-0.39, 0.29) is 18.0 Å². The van der Waals surface area contributed by atoms with Gasteiger partial charge < -0.3 is 9.47 Å². The van der Waals surface area contributed by atoms with E-state index in [4.69, 9.17) is 9.47 Å². The van der Waals surface area contributed by atoms with Crippen molar-refractivity contribution in [2.24, 2.45) is 0 Å². The van der Waals surface area contributed by atoms with Crippen LogP contribution >= 0.6 is 15.9 Å². The van der Waals surface area contributed by atoms with E-state index in [9.17, 15) is 18.8 Å². The number of amides is 4. The Labute approximate surface area is 202 Å². The lowest BCUT2D eigenvalue weighted by atomic mass is 10.1. The third-order valence-electron chi connectivity index (χ3n) is 5.03. The minimum Gasteiger partial charge on any atom is -0.493 e. The number of benzene rings is 3. The van der Waals surface area contributed by atoms with Crippen molar-refractivity contribution in [3.05, 3.63) is 93.7 Å². The molecular formula is C25H18BrFN2O5. The molecule has 4 rings (SSSR count). The van der Waals surface area contributed by atoms with Crippen molar-refractivity contribution in [2.45, 2.75) is 6.61 Å². The fourth-order valence-corrected chi connectivity index (χ4v) is 3.58. The molecule has 1 N–H and O–H groups in total. The average molecular weight is 525 g/mol. The molecule has 3 aromatic rings. The lowest BCUT2D eigenvalue weighted by Crippen LogP contribution is -2.54. The number of hydrogen-bond donors (Lipinski definition) is 1. The topological polar surface area (TPSA) is 84.9 Å². The number of nitrogens with zero attached hydrogens (tertiary/aromatic N) is 1. The highest BCUT2D eigenvalue weighted by molar-refractivity contribution is 9.10. The smallest absolute Gasteiger partial charge is 0.335 e. The molecule has 34 heavy (non-hydrogen) atoms. The van der Waals surface area contributed by atoms with Gasteiger partial charge in [-0.25, -0.2) is 14.1 Å². The Morgan fingerprint density at radius 1 is 1.00 bits per heavy atom. The van der Waals surface area contributed by atoms with Crippen LogP contribution in [0, 0.1) is 5.82 Å². The second kappa shape index (κ2) is 9.88. The van der Waals surface area contributed by atoms with Crippen LogP contribution in [0.1, 0.15) is 11.1 Å². The van der Waals surface area contributed by atoms with Gasteiger partial charge >= 0.3 is 6.03 Å². The van der Waals surface area contributed by atoms with Gasteiger partial charge in [-0.05, 0) is 54.1 Å². The lowest BCUT2D eigenvalue weighted by molar-refractivity contribution is -0.122. The molecule has 0 aromatic heterocycles. The normalized spacial score (nSPS) is 14.9. The van der Waals surface area contributed by atoms with Gasteiger partial charge in [-0.2, -0.15) is 0 Å². The van der Waals surface area contributed by atoms with Gasteiger partial charge in [0.15, 0.2) is 11.5 Å². The molecule has 1 heterocycles. The van der Waals surface area contributed by atoms with Gasteiger partial charge in [0.05, 0.1) is 12.8 Å². The van der Waals surface area contributed by atoms with Crippen molar-refractivity contribution >= 4 is 45.5 Å². The molecule has 0 atom stereocenters. The number of barbiturate groups is 1. The Morgan fingerprint density at radius 3 is 2.44 bits per heavy atom. The number of halogens is 2. The van der Waals surface area contributed by atoms with Crippen LogP contribution in [0.2, 0.25) is 0 Å². The molecule has 0 unspecified atom stereocenters. The molecule has 0 aliphatic carbocycles. The Kier molecular flexibility index (Phi) is 6.74. The first-order valence-corrected chi connectivity index (χ1v) is 10.9. The van der Waals surface area contributed by atoms with Crippen LogP contribution < -0.4 is 19.7 Å². The van der Waals surface area contributed by atoms with Crippen LogP contribution in [0.25, 0.3) is 6.08 Å². The maximum Gasteiger partial charge on any atom is 0.335 e. The summed E-state index contributed by atoms with van der Waals surface area (Å²) in [5, 5.41) is 2.18. The number of imide groups is 2. The summed E-state index contributed by atoms with van der Waals surface area (Å²) in [6, 6.07) is 16.8. The van der Waals surface area contributed by atoms with E-state index in [1.54, 1.807) is 60.7 Å². The second-order valence-electron chi connectivity index (χ2n) is 7.22. The molecule has 3 aromatic carbocycles. The number of carbonyl (C=O) groups is 3. The van der Waals surface area contributed by atoms with Crippen LogP contribution in [0.15, 0.2) is 76.8 Å². The minimum atomic E-state index is -0.830. The monoisotopic (exact) mass is 524 g/mol. The van der Waals surface area contributed by atoms with Gasteiger partial charge in [-0.15, -0.1) is 0 Å². The lowest BCUT2D eigenvalue weighted by Gasteiger charge is -2.26. The molecule has 1 aliphatic heterocycles. The second-order valence-corrected chi connectivity index (χ2v) is 8.14. The molecule has 7 nitrogen and oxygen atoms in total. The van der Waals surface area contributed by atoms with Gasteiger partial charge in [-0.1, -0.05) is 40.2 Å². The summed E-state index contributed by atoms with van der Waals surface area (Å²) in [5.74, 6) is -1.25. The molecular weight excluding hydrogens is 507 g/mol. The Balaban J connectivity index is 1.60. The standard InChI is InChI=1S/C25H18BrFN2O5/c1-33-22-13-15(6-11-21(22)34-14-16-4-2-3-5-20(16)27)12-19-23(30)28-25(32)29(24(19)31)18-9-7-17(26)8-10-18/h2-13H,14H2,1H3,(H,28,30,32)/b19-12-. The summed E-state index contributed by atoms with van der Waals surface area (Å²) in [6.45, 7) is -0.00533. The molecule has 1 saturated heterocycles. The quantitative estimate of drug-likeness (QED) is 0.368. The third kappa shape index (κ3) is 4.84. The summed E-state index contributed by atoms with van der Waals surface area (Å²) in [4.78, 5) is 38.7. The van der Waals surface area contributed by atoms with E-state index in [0.29, 0.717) is 28.3 Å². The van der Waals surface area contributed by atoms with E-state index >= 15 is 0 Å². The molecule has 172 valence electrons. The summed E-state index contributed by atoms with van der Waals surface area (Å²) in [7, 11) is 1.44. The number of rotatable bonds is 6. The highest BCUT2D eigenvalue weighted by Crippen LogP contribution is 2.31. The first-order chi connectivity index (χ1) is 16.4. The van der Waals surface area contributed by atoms with E-state index < -0.39 is 17.8 Å². The minimum absolute atomic E-state index is 0.00533. The van der Waals surface area contributed by atoms with Crippen LogP contribution in [0.4, 0.5) is 14.9 Å². The zero-order valence-electron chi connectivity index (χ0n) is 17.9. The largest absolute Gasteiger partial charge is 0.493 e. The van der Waals surface area contributed by atoms with Gasteiger partial charge in [0.25, 0.3) is 11.8 Å². The van der Waals surface area contributed by atoms with Crippen LogP contribution in [-0.2, 0) is 16.2 Å². The van der Waals surface area contributed by atoms with Crippen molar-refractivity contribution in [2.75, 3.05) is 12.0 Å². The summed E-state index contributed by atoms with van der Waals surface area (Å²) in [5.41, 5.74) is 0.958. The Hall–Kier alpha value is -3.98. The zero-order chi connectivity index (χ0) is 24.2. The van der Waals surface area contributed by atoms with Crippen LogP contribution in [0.3, 0.4) is 0 Å². The van der Waals surface area contributed by atoms with E-state index in [1.807, 2.05) is 0 Å². The Morgan fingerprint density at radius 2 is 1.74 bits per heavy atom. The third-order valence-corrected chi connectivity index (χ3v) is 5.55. The molecule has 1 fully saturated rings. The number of hydrogen-bond acceptors (Lipinski definition) is 5. The number of urea groups is 1. The van der Waals surface area contributed by atoms with E-state index in [0.717, 1.165) is 9.37 Å². The van der Waals surface area contributed by atoms with Crippen molar-refractivity contribution in [3.8, 4) is 11.5 Å². The van der Waals surface area contributed by atoms with Crippen molar-refractivity contribution in [1.29, 1.82) is 0 Å². The summed E-state index contributed by atoms with van der Waals surface area (Å²) >= 11 is 3.30. The van der Waals surface area contributed by atoms with Gasteiger partial charge in [0.2, 0.25) is 0 Å². The number of ether oxygens (including phenoxy) is 2. The fraction of sp³-hybridized carbons (Fsp3) is 0.0800. The maximum absolute atomic E-state index is 13.9. The van der Waals surface area contributed by atoms with E-state index in [2.05, 4.69) is 21.2 Å². The average Bonchev–Trinajstić information content (AvgIpc) is 2.82. The van der Waals surface area contributed by atoms with E-state index in [1.165, 1.54) is 19.3 Å². The summed E-state index contributed by atoms with van der Waals surface area (Å²) in [6.07, 6.45) is 1.36. The molecule has 1 aliphatic rings. The fourth-order valence-electron chi connectivity index (χ4n) is 3.31. The predicted molar refractivity (Wildman–Crippen MR) is 127 cm³/mol. The number of carbonyl (C=O) groups excluding carboxylic acids is 3. The Bertz CT molecular complexity index is 1310. The number of methoxy groups -OCH3 is 1. The van der Waals surface area contributed by atoms with Crippen LogP contribution in [-0.4, -0.2) is 25.0 Å². The highest BCUT2D eigenvalue weighted by atomic mass is 79.9. The molecule has 4 amide bonds. The first-order valence-electron chi connectivity index (χ1n) is 10.1. The SMILES string of the molecule is COc1cc(/C=C2/C(=O)NC(=O)N(c3ccc(Br)cc3)C2=O)ccc1OCc1ccccc1F. The molecule has 0 bridgehead atoms. The van der Waals surface area contributed by atoms with Crippen molar-refractivity contribution in [1.82, 2.24) is 5.32 Å². The molecule has 0 saturated carbocycles. The number of nitrogens with one attached hydrogen (secondary N) is 1. The van der Waals surface area contributed by atoms with Crippen molar-refractivity contribution in [3.63, 3.8) is 0 Å². The van der Waals surface area contributed by atoms with Crippen LogP contribution in [0.5, 0.6) is 11.5 Å². The van der Waals surface area contributed by atoms with Gasteiger partial charge in [0.1, 0.15) is 18.0 Å². The predicted octanol–water partition coefficient (Wildman–Crippen LogP) is 4.84. The van der Waals surface area contributed by atoms with Crippen molar-refractivity contribution < 1.29 is 28.2 Å². The number of anilines is 1. The molecule has 0 spiro atoms. The summed E-state index contributed by atoms with van der Waals surface area (Å²) < 4.78 is 25.7. The van der Waals surface area contributed by atoms with Gasteiger partial charge in [-0.3, -0.25) is 14.9 Å². The highest BCUT2D eigenvalue weighted by Gasteiger charge is 2.36. The zero-order valence-corrected chi connectivity index (χ0v) is 19.5. The maximum atomic E-state index is 13.9. The molecule has 0 radical (unpaired) electrons. The first kappa shape index (κ1) is 23.2.